The third kappa shape index (κ3) is 5.27. The molecule has 1 rings (SSSR count). The Labute approximate surface area is 128 Å². The van der Waals surface area contributed by atoms with Gasteiger partial charge in [-0.05, 0) is 36.9 Å². The highest BCUT2D eigenvalue weighted by molar-refractivity contribution is 6.39. The van der Waals surface area contributed by atoms with Crippen LogP contribution in [0.4, 0.5) is 10.1 Å². The van der Waals surface area contributed by atoms with Crippen LogP contribution in [0.2, 0.25) is 10.0 Å². The summed E-state index contributed by atoms with van der Waals surface area (Å²) >= 11 is 11.7. The fraction of sp³-hybridized carbons (Fsp3) is 0.500. The SMILES string of the molecule is CC(C)(CCN)CCC(=O)Nc1c(Cl)cc(F)cc1Cl. The summed E-state index contributed by atoms with van der Waals surface area (Å²) in [7, 11) is 0. The first-order valence-corrected chi connectivity index (χ1v) is 7.15. The molecule has 112 valence electrons. The minimum absolute atomic E-state index is 0.00246. The lowest BCUT2D eigenvalue weighted by Crippen LogP contribution is -2.20. The van der Waals surface area contributed by atoms with Crippen molar-refractivity contribution in [2.45, 2.75) is 33.1 Å². The van der Waals surface area contributed by atoms with Gasteiger partial charge in [0.25, 0.3) is 0 Å². The number of nitrogens with one attached hydrogen (secondary N) is 1. The van der Waals surface area contributed by atoms with E-state index in [4.69, 9.17) is 28.9 Å². The van der Waals surface area contributed by atoms with Crippen LogP contribution < -0.4 is 11.1 Å². The Morgan fingerprint density at radius 3 is 2.35 bits per heavy atom. The monoisotopic (exact) mass is 320 g/mol. The summed E-state index contributed by atoms with van der Waals surface area (Å²) < 4.78 is 13.0. The van der Waals surface area contributed by atoms with Gasteiger partial charge in [-0.1, -0.05) is 37.0 Å². The zero-order valence-electron chi connectivity index (χ0n) is 11.6. The quantitative estimate of drug-likeness (QED) is 0.824. The van der Waals surface area contributed by atoms with Crippen molar-refractivity contribution < 1.29 is 9.18 Å². The molecule has 0 heterocycles. The molecule has 0 radical (unpaired) electrons. The molecular weight excluding hydrogens is 302 g/mol. The highest BCUT2D eigenvalue weighted by Crippen LogP contribution is 2.32. The van der Waals surface area contributed by atoms with Gasteiger partial charge in [0.15, 0.2) is 0 Å². The summed E-state index contributed by atoms with van der Waals surface area (Å²) in [5.74, 6) is -0.743. The minimum atomic E-state index is -0.540. The fourth-order valence-corrected chi connectivity index (χ4v) is 2.39. The molecule has 0 bridgehead atoms. The lowest BCUT2D eigenvalue weighted by molar-refractivity contribution is -0.116. The zero-order valence-corrected chi connectivity index (χ0v) is 13.1. The van der Waals surface area contributed by atoms with Gasteiger partial charge in [0.1, 0.15) is 5.82 Å². The first-order chi connectivity index (χ1) is 9.25. The number of carbonyl (C=O) groups excluding carboxylic acids is 1. The van der Waals surface area contributed by atoms with E-state index in [9.17, 15) is 9.18 Å². The van der Waals surface area contributed by atoms with Crippen molar-refractivity contribution in [3.05, 3.63) is 28.0 Å². The van der Waals surface area contributed by atoms with E-state index < -0.39 is 5.82 Å². The summed E-state index contributed by atoms with van der Waals surface area (Å²) in [4.78, 5) is 11.9. The fourth-order valence-electron chi connectivity index (χ4n) is 1.83. The van der Waals surface area contributed by atoms with Crippen LogP contribution >= 0.6 is 23.2 Å². The Morgan fingerprint density at radius 2 is 1.85 bits per heavy atom. The van der Waals surface area contributed by atoms with E-state index in [0.29, 0.717) is 19.4 Å². The number of halogens is 3. The van der Waals surface area contributed by atoms with Crippen LogP contribution in [0.25, 0.3) is 0 Å². The molecule has 0 fully saturated rings. The topological polar surface area (TPSA) is 55.1 Å². The van der Waals surface area contributed by atoms with E-state index in [-0.39, 0.29) is 27.1 Å². The second-order valence-corrected chi connectivity index (χ2v) is 6.31. The van der Waals surface area contributed by atoms with Gasteiger partial charge in [0, 0.05) is 6.42 Å². The van der Waals surface area contributed by atoms with Gasteiger partial charge in [0.2, 0.25) is 5.91 Å². The van der Waals surface area contributed by atoms with Crippen molar-refractivity contribution >= 4 is 34.8 Å². The maximum Gasteiger partial charge on any atom is 0.224 e. The van der Waals surface area contributed by atoms with Crippen LogP contribution in [0.15, 0.2) is 12.1 Å². The lowest BCUT2D eigenvalue weighted by atomic mass is 9.84. The molecule has 6 heteroatoms. The molecule has 0 saturated heterocycles. The number of amides is 1. The summed E-state index contributed by atoms with van der Waals surface area (Å²) in [6.07, 6.45) is 1.88. The van der Waals surface area contributed by atoms with Gasteiger partial charge >= 0.3 is 0 Å². The molecule has 0 spiro atoms. The van der Waals surface area contributed by atoms with Crippen molar-refractivity contribution in [3.8, 4) is 0 Å². The van der Waals surface area contributed by atoms with Crippen molar-refractivity contribution in [1.29, 1.82) is 0 Å². The van der Waals surface area contributed by atoms with E-state index in [1.807, 2.05) is 0 Å². The Kier molecular flexibility index (Phi) is 6.24. The highest BCUT2D eigenvalue weighted by atomic mass is 35.5. The third-order valence-corrected chi connectivity index (χ3v) is 3.72. The van der Waals surface area contributed by atoms with Crippen molar-refractivity contribution in [1.82, 2.24) is 0 Å². The maximum atomic E-state index is 13.0. The standard InChI is InChI=1S/C14H19Cl2FN2O/c1-14(2,5-6-18)4-3-12(20)19-13-10(15)7-9(17)8-11(13)16/h7-8H,3-6,18H2,1-2H3,(H,19,20). The van der Waals surface area contributed by atoms with Gasteiger partial charge in [-0.2, -0.15) is 0 Å². The molecule has 1 aromatic carbocycles. The molecule has 0 unspecified atom stereocenters. The Morgan fingerprint density at radius 1 is 1.30 bits per heavy atom. The predicted molar refractivity (Wildman–Crippen MR) is 81.7 cm³/mol. The average molecular weight is 321 g/mol. The van der Waals surface area contributed by atoms with E-state index in [1.165, 1.54) is 0 Å². The highest BCUT2D eigenvalue weighted by Gasteiger charge is 2.19. The molecule has 0 aliphatic rings. The molecule has 3 nitrogen and oxygen atoms in total. The number of anilines is 1. The predicted octanol–water partition coefficient (Wildman–Crippen LogP) is 4.23. The molecule has 20 heavy (non-hydrogen) atoms. The molecule has 0 atom stereocenters. The third-order valence-electron chi connectivity index (χ3n) is 3.12. The molecule has 1 aromatic rings. The Balaban J connectivity index is 2.64. The number of benzene rings is 1. The lowest BCUT2D eigenvalue weighted by Gasteiger charge is -2.23. The normalized spacial score (nSPS) is 11.5. The zero-order chi connectivity index (χ0) is 15.3. The number of hydrogen-bond donors (Lipinski definition) is 2. The first kappa shape index (κ1) is 17.2. The molecule has 1 amide bonds. The van der Waals surface area contributed by atoms with Gasteiger partial charge in [-0.25, -0.2) is 4.39 Å². The number of hydrogen-bond acceptors (Lipinski definition) is 2. The van der Waals surface area contributed by atoms with E-state index in [0.717, 1.165) is 18.6 Å². The van der Waals surface area contributed by atoms with Gasteiger partial charge < -0.3 is 11.1 Å². The number of rotatable bonds is 6. The summed E-state index contributed by atoms with van der Waals surface area (Å²) in [5, 5.41) is 2.79. The Hall–Kier alpha value is -0.840. The van der Waals surface area contributed by atoms with E-state index in [1.54, 1.807) is 0 Å². The molecular formula is C14H19Cl2FN2O. The molecule has 3 N–H and O–H groups in total. The molecule has 0 saturated carbocycles. The van der Waals surface area contributed by atoms with Crippen LogP contribution in [0.5, 0.6) is 0 Å². The van der Waals surface area contributed by atoms with E-state index >= 15 is 0 Å². The molecule has 0 aliphatic heterocycles. The summed E-state index contributed by atoms with van der Waals surface area (Å²) in [6, 6.07) is 2.23. The van der Waals surface area contributed by atoms with Crippen molar-refractivity contribution in [2.75, 3.05) is 11.9 Å². The molecule has 0 aliphatic carbocycles. The molecule has 0 aromatic heterocycles. The van der Waals surface area contributed by atoms with Gasteiger partial charge in [0.05, 0.1) is 15.7 Å². The minimum Gasteiger partial charge on any atom is -0.330 e. The van der Waals surface area contributed by atoms with Crippen LogP contribution in [-0.2, 0) is 4.79 Å². The smallest absolute Gasteiger partial charge is 0.224 e. The van der Waals surface area contributed by atoms with Gasteiger partial charge in [-0.15, -0.1) is 0 Å². The first-order valence-electron chi connectivity index (χ1n) is 6.39. The van der Waals surface area contributed by atoms with Crippen LogP contribution in [0, 0.1) is 11.2 Å². The average Bonchev–Trinajstić information content (AvgIpc) is 2.31. The van der Waals surface area contributed by atoms with Crippen LogP contribution in [0.1, 0.15) is 33.1 Å². The maximum absolute atomic E-state index is 13.0. The van der Waals surface area contributed by atoms with Crippen LogP contribution in [0.3, 0.4) is 0 Å². The summed E-state index contributed by atoms with van der Waals surface area (Å²) in [5.41, 5.74) is 5.78. The van der Waals surface area contributed by atoms with Crippen LogP contribution in [-0.4, -0.2) is 12.5 Å². The Bertz CT molecular complexity index is 469. The van der Waals surface area contributed by atoms with Crippen molar-refractivity contribution in [3.63, 3.8) is 0 Å². The summed E-state index contributed by atoms with van der Waals surface area (Å²) in [6.45, 7) is 4.71. The second kappa shape index (κ2) is 7.25. The number of carbonyl (C=O) groups is 1. The number of nitrogens with two attached hydrogens (primary N) is 1. The largest absolute Gasteiger partial charge is 0.330 e. The van der Waals surface area contributed by atoms with Crippen molar-refractivity contribution in [2.24, 2.45) is 11.1 Å². The van der Waals surface area contributed by atoms with Gasteiger partial charge in [-0.3, -0.25) is 4.79 Å². The van der Waals surface area contributed by atoms with E-state index in [2.05, 4.69) is 19.2 Å². The second-order valence-electron chi connectivity index (χ2n) is 5.50.